The van der Waals surface area contributed by atoms with Crippen molar-refractivity contribution in [3.63, 3.8) is 0 Å². The summed E-state index contributed by atoms with van der Waals surface area (Å²) in [5.41, 5.74) is 9.45. The maximum Gasteiger partial charge on any atom is 0.116 e. The van der Waals surface area contributed by atoms with Gasteiger partial charge in [0.15, 0.2) is 0 Å². The van der Waals surface area contributed by atoms with Gasteiger partial charge in [-0.3, -0.25) is 0 Å². The van der Waals surface area contributed by atoms with Crippen LogP contribution in [0, 0.1) is 6.92 Å². The summed E-state index contributed by atoms with van der Waals surface area (Å²) in [6.07, 6.45) is 2.54. The summed E-state index contributed by atoms with van der Waals surface area (Å²) in [6.45, 7) is 4.13. The van der Waals surface area contributed by atoms with Crippen LogP contribution in [-0.2, 0) is 0 Å². The molecule has 84 valence electrons. The predicted octanol–water partition coefficient (Wildman–Crippen LogP) is 2.54. The van der Waals surface area contributed by atoms with Gasteiger partial charge in [-0.05, 0) is 38.8 Å². The van der Waals surface area contributed by atoms with E-state index in [1.807, 2.05) is 6.92 Å². The van der Waals surface area contributed by atoms with E-state index in [9.17, 15) is 0 Å². The smallest absolute Gasteiger partial charge is 0.116 e. The molecule has 2 heterocycles. The Kier molecular flexibility index (Phi) is 2.04. The van der Waals surface area contributed by atoms with Crippen LogP contribution in [0.15, 0.2) is 18.2 Å². The van der Waals surface area contributed by atoms with E-state index in [4.69, 9.17) is 10.7 Å². The summed E-state index contributed by atoms with van der Waals surface area (Å²) < 4.78 is 2.27. The van der Waals surface area contributed by atoms with E-state index in [0.717, 1.165) is 5.69 Å². The number of nitrogens with zero attached hydrogens (tertiary/aromatic N) is 2. The van der Waals surface area contributed by atoms with Crippen LogP contribution in [-0.4, -0.2) is 9.38 Å². The SMILES string of the molecule is Cc1cccc2c(C(C)N)nc(C3CC3)n12. The fraction of sp³-hybridized carbons (Fsp3) is 0.462. The highest BCUT2D eigenvalue weighted by atomic mass is 15.1. The minimum absolute atomic E-state index is 0.00398. The molecule has 0 radical (unpaired) electrons. The molecule has 0 saturated heterocycles. The molecule has 16 heavy (non-hydrogen) atoms. The van der Waals surface area contributed by atoms with Gasteiger partial charge in [-0.15, -0.1) is 0 Å². The number of aromatic nitrogens is 2. The molecule has 2 aromatic rings. The highest BCUT2D eigenvalue weighted by Gasteiger charge is 2.30. The number of hydrogen-bond donors (Lipinski definition) is 1. The topological polar surface area (TPSA) is 43.3 Å². The van der Waals surface area contributed by atoms with Gasteiger partial charge in [0, 0.05) is 17.7 Å². The first-order valence-corrected chi connectivity index (χ1v) is 5.92. The first-order chi connectivity index (χ1) is 7.68. The molecular weight excluding hydrogens is 198 g/mol. The molecule has 0 amide bonds. The van der Waals surface area contributed by atoms with Crippen LogP contribution in [0.1, 0.15) is 48.9 Å². The molecule has 0 aromatic carbocycles. The highest BCUT2D eigenvalue weighted by Crippen LogP contribution is 2.40. The largest absolute Gasteiger partial charge is 0.323 e. The molecule has 2 N–H and O–H groups in total. The van der Waals surface area contributed by atoms with Crippen molar-refractivity contribution in [1.82, 2.24) is 9.38 Å². The zero-order chi connectivity index (χ0) is 11.3. The van der Waals surface area contributed by atoms with E-state index in [1.54, 1.807) is 0 Å². The van der Waals surface area contributed by atoms with Crippen LogP contribution in [0.25, 0.3) is 5.52 Å². The van der Waals surface area contributed by atoms with Crippen molar-refractivity contribution in [3.05, 3.63) is 35.4 Å². The zero-order valence-electron chi connectivity index (χ0n) is 9.77. The maximum atomic E-state index is 5.99. The molecule has 0 spiro atoms. The lowest BCUT2D eigenvalue weighted by Crippen LogP contribution is -2.05. The van der Waals surface area contributed by atoms with Crippen LogP contribution in [0.2, 0.25) is 0 Å². The summed E-state index contributed by atoms with van der Waals surface area (Å²) in [7, 11) is 0. The lowest BCUT2D eigenvalue weighted by atomic mass is 10.2. The van der Waals surface area contributed by atoms with Gasteiger partial charge in [-0.2, -0.15) is 0 Å². The van der Waals surface area contributed by atoms with Crippen molar-refractivity contribution in [1.29, 1.82) is 0 Å². The predicted molar refractivity (Wildman–Crippen MR) is 64.5 cm³/mol. The Morgan fingerprint density at radius 2 is 2.19 bits per heavy atom. The molecule has 0 aliphatic heterocycles. The molecule has 1 fully saturated rings. The lowest BCUT2D eigenvalue weighted by Gasteiger charge is -2.04. The number of pyridine rings is 1. The van der Waals surface area contributed by atoms with Crippen LogP contribution in [0.3, 0.4) is 0 Å². The number of imidazole rings is 1. The van der Waals surface area contributed by atoms with Gasteiger partial charge < -0.3 is 10.1 Å². The molecular formula is C13H17N3. The summed E-state index contributed by atoms with van der Waals surface area (Å²) in [6, 6.07) is 6.33. The average Bonchev–Trinajstić information content (AvgIpc) is 2.99. The fourth-order valence-corrected chi connectivity index (χ4v) is 2.30. The van der Waals surface area contributed by atoms with E-state index in [1.165, 1.54) is 29.9 Å². The molecule has 1 aliphatic carbocycles. The monoisotopic (exact) mass is 215 g/mol. The van der Waals surface area contributed by atoms with Gasteiger partial charge in [0.05, 0.1) is 11.2 Å². The molecule has 1 unspecified atom stereocenters. The summed E-state index contributed by atoms with van der Waals surface area (Å²) in [4.78, 5) is 4.75. The van der Waals surface area contributed by atoms with Gasteiger partial charge in [-0.25, -0.2) is 4.98 Å². The van der Waals surface area contributed by atoms with Crippen molar-refractivity contribution < 1.29 is 0 Å². The molecule has 3 rings (SSSR count). The van der Waals surface area contributed by atoms with E-state index >= 15 is 0 Å². The second-order valence-electron chi connectivity index (χ2n) is 4.81. The van der Waals surface area contributed by atoms with Crippen LogP contribution < -0.4 is 5.73 Å². The Balaban J connectivity index is 2.33. The Morgan fingerprint density at radius 3 is 2.81 bits per heavy atom. The number of hydrogen-bond acceptors (Lipinski definition) is 2. The van der Waals surface area contributed by atoms with Gasteiger partial charge in [0.25, 0.3) is 0 Å². The molecule has 1 atom stereocenters. The minimum atomic E-state index is 0.00398. The van der Waals surface area contributed by atoms with Crippen LogP contribution >= 0.6 is 0 Å². The first-order valence-electron chi connectivity index (χ1n) is 5.92. The van der Waals surface area contributed by atoms with Gasteiger partial charge >= 0.3 is 0 Å². The Morgan fingerprint density at radius 1 is 1.44 bits per heavy atom. The minimum Gasteiger partial charge on any atom is -0.323 e. The summed E-state index contributed by atoms with van der Waals surface area (Å²) in [5.74, 6) is 1.86. The molecule has 3 nitrogen and oxygen atoms in total. The van der Waals surface area contributed by atoms with Crippen molar-refractivity contribution in [3.8, 4) is 0 Å². The quantitative estimate of drug-likeness (QED) is 0.836. The second kappa shape index (κ2) is 3.32. The maximum absolute atomic E-state index is 5.99. The first kappa shape index (κ1) is 9.85. The third-order valence-corrected chi connectivity index (χ3v) is 3.29. The Hall–Kier alpha value is -1.35. The molecule has 3 heteroatoms. The van der Waals surface area contributed by atoms with E-state index < -0.39 is 0 Å². The Bertz CT molecular complexity index is 535. The third-order valence-electron chi connectivity index (χ3n) is 3.29. The molecule has 2 aromatic heterocycles. The average molecular weight is 215 g/mol. The van der Waals surface area contributed by atoms with E-state index in [2.05, 4.69) is 29.5 Å². The number of fused-ring (bicyclic) bond motifs is 1. The van der Waals surface area contributed by atoms with E-state index in [0.29, 0.717) is 5.92 Å². The zero-order valence-corrected chi connectivity index (χ0v) is 9.77. The molecule has 1 saturated carbocycles. The summed E-state index contributed by atoms with van der Waals surface area (Å²) >= 11 is 0. The van der Waals surface area contributed by atoms with Crippen LogP contribution in [0.4, 0.5) is 0 Å². The number of rotatable bonds is 2. The second-order valence-corrected chi connectivity index (χ2v) is 4.81. The molecule has 0 bridgehead atoms. The van der Waals surface area contributed by atoms with Crippen LogP contribution in [0.5, 0.6) is 0 Å². The fourth-order valence-electron chi connectivity index (χ4n) is 2.30. The third kappa shape index (κ3) is 1.35. The highest BCUT2D eigenvalue weighted by molar-refractivity contribution is 5.56. The van der Waals surface area contributed by atoms with Crippen molar-refractivity contribution in [2.45, 2.75) is 38.6 Å². The van der Waals surface area contributed by atoms with Gasteiger partial charge in [0.2, 0.25) is 0 Å². The summed E-state index contributed by atoms with van der Waals surface area (Å²) in [5, 5.41) is 0. The lowest BCUT2D eigenvalue weighted by molar-refractivity contribution is 0.786. The Labute approximate surface area is 95.3 Å². The van der Waals surface area contributed by atoms with Gasteiger partial charge in [0.1, 0.15) is 5.82 Å². The number of nitrogens with two attached hydrogens (primary N) is 1. The van der Waals surface area contributed by atoms with Crippen molar-refractivity contribution in [2.75, 3.05) is 0 Å². The normalized spacial score (nSPS) is 17.9. The molecule has 1 aliphatic rings. The number of aryl methyl sites for hydroxylation is 1. The van der Waals surface area contributed by atoms with Crippen molar-refractivity contribution >= 4 is 5.52 Å². The van der Waals surface area contributed by atoms with E-state index in [-0.39, 0.29) is 6.04 Å². The van der Waals surface area contributed by atoms with Gasteiger partial charge in [-0.1, -0.05) is 6.07 Å². The van der Waals surface area contributed by atoms with Crippen molar-refractivity contribution in [2.24, 2.45) is 5.73 Å². The standard InChI is InChI=1S/C13H17N3/c1-8-4-3-5-11-12(9(2)14)15-13(16(8)11)10-6-7-10/h3-5,9-10H,6-7,14H2,1-2H3.